The smallest absolute Gasteiger partial charge is 0.290 e. The van der Waals surface area contributed by atoms with Gasteiger partial charge >= 0.3 is 0 Å². The number of nitrogens with zero attached hydrogens (tertiary/aromatic N) is 5. The lowest BCUT2D eigenvalue weighted by Crippen LogP contribution is -2.41. The molecule has 0 radical (unpaired) electrons. The van der Waals surface area contributed by atoms with Crippen LogP contribution >= 0.6 is 0 Å². The first-order valence-corrected chi connectivity index (χ1v) is 10.8. The normalized spacial score (nSPS) is 18.3. The third-order valence-corrected chi connectivity index (χ3v) is 5.98. The fourth-order valence-electron chi connectivity index (χ4n) is 4.31. The summed E-state index contributed by atoms with van der Waals surface area (Å²) in [6, 6.07) is 2.50. The number of aryl methyl sites for hydroxylation is 1. The Balaban J connectivity index is 0.000000858. The summed E-state index contributed by atoms with van der Waals surface area (Å²) in [7, 11) is 1.90. The molecule has 2 aromatic rings. The highest BCUT2D eigenvalue weighted by molar-refractivity contribution is 5.92. The van der Waals surface area contributed by atoms with Gasteiger partial charge in [0.25, 0.3) is 12.4 Å². The van der Waals surface area contributed by atoms with Crippen molar-refractivity contribution in [3.05, 3.63) is 35.7 Å². The first-order chi connectivity index (χ1) is 15.1. The highest BCUT2D eigenvalue weighted by Gasteiger charge is 2.26. The van der Waals surface area contributed by atoms with Crippen LogP contribution in [0.4, 0.5) is 0 Å². The minimum Gasteiger partial charge on any atom is -0.483 e. The number of carbonyl (C=O) groups is 2. The summed E-state index contributed by atoms with van der Waals surface area (Å²) in [4.78, 5) is 28.4. The molecular formula is C21H32N6O4. The van der Waals surface area contributed by atoms with Crippen LogP contribution in [0.2, 0.25) is 0 Å². The molecule has 0 aromatic carbocycles. The lowest BCUT2D eigenvalue weighted by molar-refractivity contribution is -0.122. The van der Waals surface area contributed by atoms with Gasteiger partial charge in [-0.2, -0.15) is 5.10 Å². The third-order valence-electron chi connectivity index (χ3n) is 5.98. The molecule has 10 heteroatoms. The predicted molar refractivity (Wildman–Crippen MR) is 114 cm³/mol. The van der Waals surface area contributed by atoms with Gasteiger partial charge in [0.15, 0.2) is 0 Å². The van der Waals surface area contributed by atoms with Crippen molar-refractivity contribution in [2.75, 3.05) is 26.3 Å². The van der Waals surface area contributed by atoms with Gasteiger partial charge in [0.05, 0.1) is 11.7 Å². The predicted octanol–water partition coefficient (Wildman–Crippen LogP) is 1.24. The Hall–Kier alpha value is -2.72. The summed E-state index contributed by atoms with van der Waals surface area (Å²) >= 11 is 0. The van der Waals surface area contributed by atoms with Crippen LogP contribution in [0.5, 0.6) is 0 Å². The van der Waals surface area contributed by atoms with Crippen molar-refractivity contribution in [3.63, 3.8) is 0 Å². The fourth-order valence-corrected chi connectivity index (χ4v) is 4.31. The number of hydrogen-bond acceptors (Lipinski definition) is 6. The first kappa shape index (κ1) is 23.0. The van der Waals surface area contributed by atoms with E-state index in [4.69, 9.17) is 14.6 Å². The van der Waals surface area contributed by atoms with Crippen molar-refractivity contribution in [1.29, 1.82) is 0 Å². The van der Waals surface area contributed by atoms with E-state index in [-0.39, 0.29) is 18.4 Å². The van der Waals surface area contributed by atoms with Crippen molar-refractivity contribution in [3.8, 4) is 0 Å². The molecule has 2 N–H and O–H groups in total. The van der Waals surface area contributed by atoms with E-state index in [0.717, 1.165) is 70.0 Å². The molecule has 31 heavy (non-hydrogen) atoms. The number of hydrogen-bond donors (Lipinski definition) is 2. The van der Waals surface area contributed by atoms with Crippen LogP contribution in [0, 0.1) is 0 Å². The monoisotopic (exact) mass is 432 g/mol. The fraction of sp³-hybridized carbons (Fsp3) is 0.619. The van der Waals surface area contributed by atoms with Crippen molar-refractivity contribution in [1.82, 2.24) is 29.5 Å². The molecule has 1 atom stereocenters. The third kappa shape index (κ3) is 5.71. The number of ether oxygens (including phenoxy) is 1. The van der Waals surface area contributed by atoms with Gasteiger partial charge in [-0.3, -0.25) is 19.2 Å². The summed E-state index contributed by atoms with van der Waals surface area (Å²) in [5.74, 6) is 0.892. The second-order valence-electron chi connectivity index (χ2n) is 7.78. The van der Waals surface area contributed by atoms with Crippen LogP contribution in [0.3, 0.4) is 0 Å². The molecule has 2 aliphatic rings. The highest BCUT2D eigenvalue weighted by Crippen LogP contribution is 2.19. The van der Waals surface area contributed by atoms with Crippen molar-refractivity contribution in [2.45, 2.75) is 51.2 Å². The molecule has 2 aliphatic heterocycles. The van der Waals surface area contributed by atoms with Crippen LogP contribution in [0.15, 0.2) is 18.5 Å². The minimum absolute atomic E-state index is 0.0643. The minimum atomic E-state index is -0.250. The van der Waals surface area contributed by atoms with Crippen LogP contribution < -0.4 is 5.32 Å². The maximum Gasteiger partial charge on any atom is 0.290 e. The summed E-state index contributed by atoms with van der Waals surface area (Å²) in [6.45, 7) is 6.42. The summed E-state index contributed by atoms with van der Waals surface area (Å²) in [5.41, 5.74) is 1.51. The molecule has 2 aromatic heterocycles. The summed E-state index contributed by atoms with van der Waals surface area (Å²) in [5, 5.41) is 14.2. The SMILES string of the molecule is CCC(NC(=O)c1cn2c(n1)CCN(C1CCOCC1)CC2)c1ccnn1C.O=CO. The lowest BCUT2D eigenvalue weighted by Gasteiger charge is -2.33. The van der Waals surface area contributed by atoms with E-state index >= 15 is 0 Å². The molecule has 0 spiro atoms. The van der Waals surface area contributed by atoms with Crippen LogP contribution in [-0.2, 0) is 29.5 Å². The Kier molecular flexibility index (Phi) is 8.19. The molecule has 170 valence electrons. The zero-order chi connectivity index (χ0) is 22.2. The molecule has 10 nitrogen and oxygen atoms in total. The topological polar surface area (TPSA) is 115 Å². The maximum atomic E-state index is 12.8. The second kappa shape index (κ2) is 11.1. The number of fused-ring (bicyclic) bond motifs is 1. The number of amides is 1. The average molecular weight is 433 g/mol. The first-order valence-electron chi connectivity index (χ1n) is 10.8. The number of nitrogens with one attached hydrogen (secondary N) is 1. The van der Waals surface area contributed by atoms with Gasteiger partial charge < -0.3 is 19.7 Å². The summed E-state index contributed by atoms with van der Waals surface area (Å²) in [6.07, 6.45) is 7.58. The molecule has 1 unspecified atom stereocenters. The Morgan fingerprint density at radius 3 is 2.74 bits per heavy atom. The van der Waals surface area contributed by atoms with Gasteiger partial charge in [0.1, 0.15) is 11.5 Å². The quantitative estimate of drug-likeness (QED) is 0.683. The number of carbonyl (C=O) groups excluding carboxylic acids is 1. The number of carboxylic acid groups (broad SMARTS) is 1. The number of imidazole rings is 1. The van der Waals surface area contributed by atoms with E-state index in [1.54, 1.807) is 6.20 Å². The van der Waals surface area contributed by atoms with Gasteiger partial charge in [-0.05, 0) is 25.3 Å². The molecule has 4 heterocycles. The largest absolute Gasteiger partial charge is 0.483 e. The zero-order valence-corrected chi connectivity index (χ0v) is 18.2. The maximum absolute atomic E-state index is 12.8. The molecule has 1 saturated heterocycles. The second-order valence-corrected chi connectivity index (χ2v) is 7.78. The average Bonchev–Trinajstić information content (AvgIpc) is 3.34. The van der Waals surface area contributed by atoms with Gasteiger partial charge in [-0.25, -0.2) is 4.98 Å². The van der Waals surface area contributed by atoms with Crippen LogP contribution in [0.1, 0.15) is 54.2 Å². The molecule has 1 fully saturated rings. The molecule has 0 aliphatic carbocycles. The van der Waals surface area contributed by atoms with Gasteiger partial charge in [-0.1, -0.05) is 6.92 Å². The Morgan fingerprint density at radius 1 is 1.35 bits per heavy atom. The van der Waals surface area contributed by atoms with Gasteiger partial charge in [-0.15, -0.1) is 0 Å². The van der Waals surface area contributed by atoms with Crippen LogP contribution in [-0.4, -0.2) is 74.1 Å². The molecular weight excluding hydrogens is 400 g/mol. The van der Waals surface area contributed by atoms with E-state index in [2.05, 4.69) is 31.8 Å². The van der Waals surface area contributed by atoms with E-state index in [0.29, 0.717) is 11.7 Å². The Bertz CT molecular complexity index is 832. The molecule has 1 amide bonds. The number of aromatic nitrogens is 4. The van der Waals surface area contributed by atoms with Crippen molar-refractivity contribution in [2.24, 2.45) is 7.05 Å². The molecule has 0 bridgehead atoms. The van der Waals surface area contributed by atoms with Gasteiger partial charge in [0.2, 0.25) is 0 Å². The standard InChI is InChI=1S/C20H30N6O2.CH2O2/c1-3-16(18-4-8-21-24(18)2)23-20(27)17-14-26-11-10-25(9-5-19(26)22-17)15-6-12-28-13-7-15;2-1-3/h4,8,14-16H,3,5-7,9-13H2,1-2H3,(H,23,27);1H,(H,2,3). The Morgan fingerprint density at radius 2 is 2.10 bits per heavy atom. The Labute approximate surface area is 182 Å². The van der Waals surface area contributed by atoms with Gasteiger partial charge in [0, 0.05) is 64.8 Å². The van der Waals surface area contributed by atoms with Crippen molar-refractivity contribution >= 4 is 12.4 Å². The summed E-state index contributed by atoms with van der Waals surface area (Å²) < 4.78 is 9.45. The van der Waals surface area contributed by atoms with E-state index in [1.807, 2.05) is 24.0 Å². The van der Waals surface area contributed by atoms with E-state index in [9.17, 15) is 4.79 Å². The van der Waals surface area contributed by atoms with Crippen LogP contribution in [0.25, 0.3) is 0 Å². The van der Waals surface area contributed by atoms with E-state index in [1.165, 1.54) is 0 Å². The zero-order valence-electron chi connectivity index (χ0n) is 18.2. The number of rotatable bonds is 5. The van der Waals surface area contributed by atoms with Crippen molar-refractivity contribution < 1.29 is 19.4 Å². The molecule has 4 rings (SSSR count). The lowest BCUT2D eigenvalue weighted by atomic mass is 10.1. The highest BCUT2D eigenvalue weighted by atomic mass is 16.5. The molecule has 0 saturated carbocycles. The van der Waals surface area contributed by atoms with E-state index < -0.39 is 0 Å².